The summed E-state index contributed by atoms with van der Waals surface area (Å²) in [5.74, 6) is -0.913. The highest BCUT2D eigenvalue weighted by Crippen LogP contribution is 2.49. The first-order chi connectivity index (χ1) is 6.54. The highest BCUT2D eigenvalue weighted by atomic mass is 16.4. The zero-order valence-electron chi connectivity index (χ0n) is 7.47. The molecule has 1 aromatic rings. The Hall–Kier alpha value is -1.55. The number of phenols is 1. The van der Waals surface area contributed by atoms with Crippen molar-refractivity contribution in [1.82, 2.24) is 0 Å². The smallest absolute Gasteiger partial charge is 0.324 e. The van der Waals surface area contributed by atoms with Gasteiger partial charge < -0.3 is 15.9 Å². The van der Waals surface area contributed by atoms with Gasteiger partial charge in [-0.3, -0.25) is 4.79 Å². The SMILES string of the molecule is N[C@]1(C(=O)O)C[C@H]1c1ccc(O)cc1. The Morgan fingerprint density at radius 1 is 1.43 bits per heavy atom. The highest BCUT2D eigenvalue weighted by molar-refractivity contribution is 5.84. The molecule has 14 heavy (non-hydrogen) atoms. The molecule has 0 spiro atoms. The summed E-state index contributed by atoms with van der Waals surface area (Å²) in [7, 11) is 0. The van der Waals surface area contributed by atoms with E-state index in [1.54, 1.807) is 12.1 Å². The van der Waals surface area contributed by atoms with Gasteiger partial charge in [-0.25, -0.2) is 0 Å². The summed E-state index contributed by atoms with van der Waals surface area (Å²) in [6.45, 7) is 0. The van der Waals surface area contributed by atoms with Crippen molar-refractivity contribution in [3.05, 3.63) is 29.8 Å². The molecule has 2 atom stereocenters. The van der Waals surface area contributed by atoms with Crippen LogP contribution in [-0.4, -0.2) is 21.7 Å². The van der Waals surface area contributed by atoms with Crippen LogP contribution < -0.4 is 5.73 Å². The standard InChI is InChI=1S/C10H11NO3/c11-10(9(13)14)5-8(10)6-1-3-7(12)4-2-6/h1-4,8,12H,5,11H2,(H,13,14)/t8-,10+/m0/s1. The van der Waals surface area contributed by atoms with Crippen LogP contribution in [0.5, 0.6) is 5.75 Å². The van der Waals surface area contributed by atoms with Gasteiger partial charge in [-0.2, -0.15) is 0 Å². The Bertz CT molecular complexity index is 373. The van der Waals surface area contributed by atoms with Gasteiger partial charge in [0.25, 0.3) is 0 Å². The molecule has 0 amide bonds. The number of carboxylic acid groups (broad SMARTS) is 1. The Morgan fingerprint density at radius 2 is 2.00 bits per heavy atom. The number of rotatable bonds is 2. The number of hydrogen-bond acceptors (Lipinski definition) is 3. The predicted molar refractivity (Wildman–Crippen MR) is 50.0 cm³/mol. The third kappa shape index (κ3) is 1.24. The van der Waals surface area contributed by atoms with Crippen molar-refractivity contribution in [2.24, 2.45) is 5.73 Å². The molecule has 0 unspecified atom stereocenters. The van der Waals surface area contributed by atoms with Crippen molar-refractivity contribution >= 4 is 5.97 Å². The summed E-state index contributed by atoms with van der Waals surface area (Å²) in [4.78, 5) is 10.8. The molecule has 4 N–H and O–H groups in total. The van der Waals surface area contributed by atoms with Crippen molar-refractivity contribution in [3.8, 4) is 5.75 Å². The lowest BCUT2D eigenvalue weighted by Gasteiger charge is -2.05. The fourth-order valence-corrected chi connectivity index (χ4v) is 1.64. The van der Waals surface area contributed by atoms with E-state index in [0.29, 0.717) is 6.42 Å². The topological polar surface area (TPSA) is 83.6 Å². The van der Waals surface area contributed by atoms with E-state index in [-0.39, 0.29) is 11.7 Å². The minimum absolute atomic E-state index is 0.124. The van der Waals surface area contributed by atoms with Crippen LogP contribution in [0.2, 0.25) is 0 Å². The first-order valence-corrected chi connectivity index (χ1v) is 4.35. The maximum absolute atomic E-state index is 10.8. The summed E-state index contributed by atoms with van der Waals surface area (Å²) < 4.78 is 0. The van der Waals surface area contributed by atoms with Crippen molar-refractivity contribution < 1.29 is 15.0 Å². The molecule has 0 aliphatic heterocycles. The number of carboxylic acids is 1. The van der Waals surface area contributed by atoms with Gasteiger partial charge in [-0.05, 0) is 24.1 Å². The second kappa shape index (κ2) is 2.72. The maximum atomic E-state index is 10.8. The van der Waals surface area contributed by atoms with Gasteiger partial charge in [0.1, 0.15) is 11.3 Å². The van der Waals surface area contributed by atoms with Gasteiger partial charge >= 0.3 is 5.97 Å². The number of phenolic OH excluding ortho intramolecular Hbond substituents is 1. The molecule has 4 heteroatoms. The molecule has 0 bridgehead atoms. The Kier molecular flexibility index (Phi) is 1.75. The number of aromatic hydroxyl groups is 1. The van der Waals surface area contributed by atoms with Gasteiger partial charge in [0.05, 0.1) is 0 Å². The zero-order chi connectivity index (χ0) is 10.3. The van der Waals surface area contributed by atoms with Crippen LogP contribution in [0.1, 0.15) is 17.9 Å². The van der Waals surface area contributed by atoms with E-state index in [1.807, 2.05) is 0 Å². The van der Waals surface area contributed by atoms with Crippen LogP contribution in [0.25, 0.3) is 0 Å². The van der Waals surface area contributed by atoms with Crippen molar-refractivity contribution in [2.45, 2.75) is 17.9 Å². The van der Waals surface area contributed by atoms with E-state index in [9.17, 15) is 4.79 Å². The fourth-order valence-electron chi connectivity index (χ4n) is 1.64. The summed E-state index contributed by atoms with van der Waals surface area (Å²) in [6.07, 6.45) is 0.465. The molecular weight excluding hydrogens is 182 g/mol. The molecule has 0 heterocycles. The molecule has 0 aromatic heterocycles. The molecule has 1 aliphatic rings. The van der Waals surface area contributed by atoms with Crippen molar-refractivity contribution in [1.29, 1.82) is 0 Å². The van der Waals surface area contributed by atoms with E-state index >= 15 is 0 Å². The minimum atomic E-state index is -1.10. The maximum Gasteiger partial charge on any atom is 0.324 e. The highest BCUT2D eigenvalue weighted by Gasteiger charge is 2.58. The molecule has 1 aliphatic carbocycles. The first kappa shape index (κ1) is 9.02. The van der Waals surface area contributed by atoms with E-state index in [4.69, 9.17) is 15.9 Å². The fraction of sp³-hybridized carbons (Fsp3) is 0.300. The number of aliphatic carboxylic acids is 1. The molecule has 0 radical (unpaired) electrons. The second-order valence-electron chi connectivity index (χ2n) is 3.69. The van der Waals surface area contributed by atoms with E-state index in [2.05, 4.69) is 0 Å². The van der Waals surface area contributed by atoms with Crippen LogP contribution in [0.3, 0.4) is 0 Å². The Labute approximate surface area is 81.0 Å². The zero-order valence-corrected chi connectivity index (χ0v) is 7.47. The third-order valence-electron chi connectivity index (χ3n) is 2.70. The number of nitrogens with two attached hydrogens (primary N) is 1. The van der Waals surface area contributed by atoms with Gasteiger partial charge in [0.2, 0.25) is 0 Å². The average Bonchev–Trinajstić information content (AvgIpc) is 2.81. The Balaban J connectivity index is 2.21. The monoisotopic (exact) mass is 193 g/mol. The van der Waals surface area contributed by atoms with Gasteiger partial charge in [-0.15, -0.1) is 0 Å². The molecule has 1 fully saturated rings. The summed E-state index contributed by atoms with van der Waals surface area (Å²) >= 11 is 0. The van der Waals surface area contributed by atoms with Gasteiger partial charge in [0.15, 0.2) is 0 Å². The molecule has 1 aromatic carbocycles. The van der Waals surface area contributed by atoms with Crippen LogP contribution in [0.4, 0.5) is 0 Å². The predicted octanol–water partition coefficient (Wildman–Crippen LogP) is 0.662. The lowest BCUT2D eigenvalue weighted by atomic mass is 10.1. The summed E-state index contributed by atoms with van der Waals surface area (Å²) in [6, 6.07) is 6.49. The van der Waals surface area contributed by atoms with Crippen molar-refractivity contribution in [2.75, 3.05) is 0 Å². The van der Waals surface area contributed by atoms with Crippen LogP contribution in [0, 0.1) is 0 Å². The van der Waals surface area contributed by atoms with E-state index in [1.165, 1.54) is 12.1 Å². The third-order valence-corrected chi connectivity index (χ3v) is 2.70. The van der Waals surface area contributed by atoms with Gasteiger partial charge in [-0.1, -0.05) is 12.1 Å². The largest absolute Gasteiger partial charge is 0.508 e. The van der Waals surface area contributed by atoms with Crippen LogP contribution >= 0.6 is 0 Å². The normalized spacial score (nSPS) is 29.9. The number of benzene rings is 1. The van der Waals surface area contributed by atoms with Crippen LogP contribution in [0.15, 0.2) is 24.3 Å². The number of hydrogen-bond donors (Lipinski definition) is 3. The van der Waals surface area contributed by atoms with Crippen molar-refractivity contribution in [3.63, 3.8) is 0 Å². The quantitative estimate of drug-likeness (QED) is 0.644. The lowest BCUT2D eigenvalue weighted by molar-refractivity contribution is -0.139. The molecule has 0 saturated heterocycles. The summed E-state index contributed by atoms with van der Waals surface area (Å²) in [5, 5.41) is 17.9. The van der Waals surface area contributed by atoms with E-state index < -0.39 is 11.5 Å². The van der Waals surface area contributed by atoms with E-state index in [0.717, 1.165) is 5.56 Å². The molecule has 4 nitrogen and oxygen atoms in total. The minimum Gasteiger partial charge on any atom is -0.508 e. The first-order valence-electron chi connectivity index (χ1n) is 4.35. The molecular formula is C10H11NO3. The molecule has 74 valence electrons. The molecule has 1 saturated carbocycles. The number of carbonyl (C=O) groups is 1. The second-order valence-corrected chi connectivity index (χ2v) is 3.69. The Morgan fingerprint density at radius 3 is 2.43 bits per heavy atom. The van der Waals surface area contributed by atoms with Gasteiger partial charge in [0, 0.05) is 5.92 Å². The lowest BCUT2D eigenvalue weighted by Crippen LogP contribution is -2.34. The summed E-state index contributed by atoms with van der Waals surface area (Å²) in [5.41, 5.74) is 5.41. The molecule has 2 rings (SSSR count). The van der Waals surface area contributed by atoms with Crippen LogP contribution in [-0.2, 0) is 4.79 Å². The average molecular weight is 193 g/mol.